The van der Waals surface area contributed by atoms with E-state index in [1.165, 1.54) is 19.4 Å². The van der Waals surface area contributed by atoms with Crippen molar-refractivity contribution in [1.82, 2.24) is 5.43 Å². The number of anilines is 1. The Morgan fingerprint density at radius 3 is 2.39 bits per heavy atom. The number of nitrogens with zero attached hydrogens (tertiary/aromatic N) is 1. The van der Waals surface area contributed by atoms with Crippen LogP contribution in [-0.4, -0.2) is 37.4 Å². The van der Waals surface area contributed by atoms with E-state index in [1.807, 2.05) is 0 Å². The Bertz CT molecular complexity index is 845. The number of hydrogen-bond donors (Lipinski definition) is 3. The van der Waals surface area contributed by atoms with E-state index in [9.17, 15) is 14.7 Å². The number of nitrogens with one attached hydrogen (secondary N) is 2. The summed E-state index contributed by atoms with van der Waals surface area (Å²) < 4.78 is 10.6. The standard InChI is InChI=1S/C19H20BrN3O5/c1-27-14-5-3-13(4-6-14)22-17(25)7-8-18(26)23-21-11-12-9-15(20)19(28-2)16(24)10-12/h3-6,9-11,24H,7-8H2,1-2H3,(H,22,25)(H,23,26)/b21-11-. The molecule has 0 fully saturated rings. The van der Waals surface area contributed by atoms with Gasteiger partial charge >= 0.3 is 0 Å². The maximum atomic E-state index is 11.9. The quantitative estimate of drug-likeness (QED) is 0.423. The number of methoxy groups -OCH3 is 2. The van der Waals surface area contributed by atoms with Gasteiger partial charge in [0.25, 0.3) is 0 Å². The van der Waals surface area contributed by atoms with E-state index in [-0.39, 0.29) is 24.5 Å². The molecule has 0 saturated heterocycles. The minimum atomic E-state index is -0.405. The minimum Gasteiger partial charge on any atom is -0.504 e. The molecule has 0 heterocycles. The molecule has 2 aromatic rings. The summed E-state index contributed by atoms with van der Waals surface area (Å²) in [6.45, 7) is 0. The molecule has 2 aromatic carbocycles. The topological polar surface area (TPSA) is 109 Å². The third-order valence-corrected chi connectivity index (χ3v) is 4.20. The highest BCUT2D eigenvalue weighted by Gasteiger charge is 2.09. The lowest BCUT2D eigenvalue weighted by Gasteiger charge is -2.07. The van der Waals surface area contributed by atoms with Crippen LogP contribution in [0, 0.1) is 0 Å². The lowest BCUT2D eigenvalue weighted by Crippen LogP contribution is -2.20. The average molecular weight is 450 g/mol. The van der Waals surface area contributed by atoms with E-state index in [1.54, 1.807) is 37.4 Å². The van der Waals surface area contributed by atoms with E-state index in [0.717, 1.165) is 0 Å². The van der Waals surface area contributed by atoms with Crippen molar-refractivity contribution >= 4 is 39.6 Å². The van der Waals surface area contributed by atoms with Gasteiger partial charge in [-0.25, -0.2) is 5.43 Å². The molecule has 0 saturated carbocycles. The lowest BCUT2D eigenvalue weighted by atomic mass is 10.2. The van der Waals surface area contributed by atoms with Crippen LogP contribution in [0.25, 0.3) is 0 Å². The Kier molecular flexibility index (Phi) is 7.82. The molecule has 148 valence electrons. The second kappa shape index (κ2) is 10.3. The highest BCUT2D eigenvalue weighted by Crippen LogP contribution is 2.34. The van der Waals surface area contributed by atoms with E-state index in [4.69, 9.17) is 9.47 Å². The molecule has 28 heavy (non-hydrogen) atoms. The van der Waals surface area contributed by atoms with Gasteiger partial charge in [0.15, 0.2) is 11.5 Å². The molecule has 2 amide bonds. The number of ether oxygens (including phenoxy) is 2. The van der Waals surface area contributed by atoms with Crippen LogP contribution in [0.5, 0.6) is 17.2 Å². The van der Waals surface area contributed by atoms with Crippen molar-refractivity contribution in [1.29, 1.82) is 0 Å². The van der Waals surface area contributed by atoms with Gasteiger partial charge in [-0.05, 0) is 57.9 Å². The first kappa shape index (κ1) is 21.2. The first-order chi connectivity index (χ1) is 13.4. The summed E-state index contributed by atoms with van der Waals surface area (Å²) >= 11 is 3.27. The summed E-state index contributed by atoms with van der Waals surface area (Å²) in [6.07, 6.45) is 1.37. The Balaban J connectivity index is 1.79. The summed E-state index contributed by atoms with van der Waals surface area (Å²) in [5.41, 5.74) is 3.52. The number of phenolic OH excluding ortho intramolecular Hbond substituents is 1. The fourth-order valence-electron chi connectivity index (χ4n) is 2.24. The molecule has 0 aromatic heterocycles. The molecular weight excluding hydrogens is 430 g/mol. The van der Waals surface area contributed by atoms with Crippen molar-refractivity contribution in [2.75, 3.05) is 19.5 Å². The number of benzene rings is 2. The van der Waals surface area contributed by atoms with Gasteiger partial charge in [-0.1, -0.05) is 0 Å². The Morgan fingerprint density at radius 1 is 1.11 bits per heavy atom. The zero-order valence-corrected chi connectivity index (χ0v) is 16.9. The number of amides is 2. The molecule has 3 N–H and O–H groups in total. The highest BCUT2D eigenvalue weighted by atomic mass is 79.9. The van der Waals surface area contributed by atoms with Crippen LogP contribution in [0.1, 0.15) is 18.4 Å². The van der Waals surface area contributed by atoms with Crippen LogP contribution in [0.4, 0.5) is 5.69 Å². The molecule has 2 rings (SSSR count). The van der Waals surface area contributed by atoms with Crippen molar-refractivity contribution in [2.45, 2.75) is 12.8 Å². The Labute approximate surface area is 170 Å². The fourth-order valence-corrected chi connectivity index (χ4v) is 2.86. The van der Waals surface area contributed by atoms with Gasteiger partial charge in [-0.15, -0.1) is 0 Å². The number of halogens is 1. The third-order valence-electron chi connectivity index (χ3n) is 3.61. The van der Waals surface area contributed by atoms with Gasteiger partial charge in [-0.3, -0.25) is 9.59 Å². The SMILES string of the molecule is COc1ccc(NC(=O)CCC(=O)N/N=C\c2cc(O)c(OC)c(Br)c2)cc1. The van der Waals surface area contributed by atoms with E-state index >= 15 is 0 Å². The summed E-state index contributed by atoms with van der Waals surface area (Å²) in [6, 6.07) is 10.0. The summed E-state index contributed by atoms with van der Waals surface area (Å²) in [5.74, 6) is 0.252. The summed E-state index contributed by atoms with van der Waals surface area (Å²) in [7, 11) is 3.00. The first-order valence-corrected chi connectivity index (χ1v) is 9.04. The number of carbonyl (C=O) groups is 2. The van der Waals surface area contributed by atoms with Crippen LogP contribution < -0.4 is 20.2 Å². The molecule has 0 atom stereocenters. The van der Waals surface area contributed by atoms with Gasteiger partial charge in [-0.2, -0.15) is 5.10 Å². The molecule has 0 bridgehead atoms. The second-order valence-corrected chi connectivity index (χ2v) is 6.48. The number of hydrazone groups is 1. The molecule has 0 unspecified atom stereocenters. The number of carbonyl (C=O) groups excluding carboxylic acids is 2. The predicted octanol–water partition coefficient (Wildman–Crippen LogP) is 3.04. The number of phenols is 1. The number of rotatable bonds is 8. The van der Waals surface area contributed by atoms with Crippen molar-refractivity contribution in [3.63, 3.8) is 0 Å². The van der Waals surface area contributed by atoms with Gasteiger partial charge < -0.3 is 19.9 Å². The molecule has 8 nitrogen and oxygen atoms in total. The number of hydrogen-bond acceptors (Lipinski definition) is 6. The second-order valence-electron chi connectivity index (χ2n) is 5.62. The average Bonchev–Trinajstić information content (AvgIpc) is 2.67. The largest absolute Gasteiger partial charge is 0.504 e. The molecule has 0 aliphatic rings. The molecule has 0 aliphatic carbocycles. The van der Waals surface area contributed by atoms with E-state index < -0.39 is 5.91 Å². The van der Waals surface area contributed by atoms with Crippen molar-refractivity contribution in [3.05, 3.63) is 46.4 Å². The van der Waals surface area contributed by atoms with Crippen LogP contribution in [0.15, 0.2) is 46.0 Å². The van der Waals surface area contributed by atoms with Gasteiger partial charge in [0.2, 0.25) is 11.8 Å². The van der Waals surface area contributed by atoms with Gasteiger partial charge in [0.1, 0.15) is 5.75 Å². The molecule has 0 radical (unpaired) electrons. The van der Waals surface area contributed by atoms with Crippen molar-refractivity contribution in [2.24, 2.45) is 5.10 Å². The molecule has 9 heteroatoms. The molecular formula is C19H20BrN3O5. The van der Waals surface area contributed by atoms with Crippen LogP contribution in [-0.2, 0) is 9.59 Å². The zero-order valence-electron chi connectivity index (χ0n) is 15.4. The van der Waals surface area contributed by atoms with Crippen molar-refractivity contribution in [3.8, 4) is 17.2 Å². The van der Waals surface area contributed by atoms with Crippen LogP contribution in [0.3, 0.4) is 0 Å². The van der Waals surface area contributed by atoms with Crippen molar-refractivity contribution < 1.29 is 24.2 Å². The van der Waals surface area contributed by atoms with Crippen LogP contribution in [0.2, 0.25) is 0 Å². The smallest absolute Gasteiger partial charge is 0.240 e. The molecule has 0 aliphatic heterocycles. The highest BCUT2D eigenvalue weighted by molar-refractivity contribution is 9.10. The zero-order chi connectivity index (χ0) is 20.5. The third kappa shape index (κ3) is 6.27. The van der Waals surface area contributed by atoms with E-state index in [2.05, 4.69) is 31.8 Å². The lowest BCUT2D eigenvalue weighted by molar-refractivity contribution is -0.124. The number of aromatic hydroxyl groups is 1. The van der Waals surface area contributed by atoms with Gasteiger partial charge in [0, 0.05) is 18.5 Å². The Morgan fingerprint density at radius 2 is 1.79 bits per heavy atom. The maximum absolute atomic E-state index is 11.9. The Hall–Kier alpha value is -3.07. The first-order valence-electron chi connectivity index (χ1n) is 8.25. The van der Waals surface area contributed by atoms with Crippen LogP contribution >= 0.6 is 15.9 Å². The monoisotopic (exact) mass is 449 g/mol. The predicted molar refractivity (Wildman–Crippen MR) is 109 cm³/mol. The minimum absolute atomic E-state index is 0.0161. The van der Waals surface area contributed by atoms with Gasteiger partial charge in [0.05, 0.1) is 24.9 Å². The fraction of sp³-hybridized carbons (Fsp3) is 0.211. The van der Waals surface area contributed by atoms with E-state index in [0.29, 0.717) is 27.2 Å². The normalized spacial score (nSPS) is 10.5. The molecule has 0 spiro atoms. The maximum Gasteiger partial charge on any atom is 0.240 e. The summed E-state index contributed by atoms with van der Waals surface area (Å²) in [4.78, 5) is 23.7. The summed E-state index contributed by atoms with van der Waals surface area (Å²) in [5, 5.41) is 16.3.